The zero-order valence-electron chi connectivity index (χ0n) is 19.7. The fourth-order valence-electron chi connectivity index (χ4n) is 3.30. The number of carbonyl (C=O) groups is 1. The molecule has 0 unspecified atom stereocenters. The van der Waals surface area contributed by atoms with Crippen LogP contribution in [0.2, 0.25) is 0 Å². The number of alkyl halides is 3. The first kappa shape index (κ1) is 26.9. The Kier molecular flexibility index (Phi) is 8.13. The average Bonchev–Trinajstić information content (AvgIpc) is 3.37. The van der Waals surface area contributed by atoms with E-state index in [1.165, 1.54) is 31.6 Å². The van der Waals surface area contributed by atoms with Crippen molar-refractivity contribution in [2.24, 2.45) is 0 Å². The van der Waals surface area contributed by atoms with Crippen molar-refractivity contribution >= 4 is 27.8 Å². The van der Waals surface area contributed by atoms with E-state index < -0.39 is 33.8 Å². The number of anilines is 1. The lowest BCUT2D eigenvalue weighted by atomic mass is 10.1. The zero-order chi connectivity index (χ0) is 26.5. The fraction of sp³-hybridized carbons (Fsp3) is 0.240. The highest BCUT2D eigenvalue weighted by atomic mass is 32.2. The molecule has 1 aromatic heterocycles. The monoisotopic (exact) mass is 523 g/mol. The summed E-state index contributed by atoms with van der Waals surface area (Å²) in [6.07, 6.45) is -0.672. The Bertz CT molecular complexity index is 1310. The first-order valence-electron chi connectivity index (χ1n) is 10.7. The van der Waals surface area contributed by atoms with Gasteiger partial charge >= 0.3 is 12.1 Å². The molecule has 3 aromatic rings. The molecular weight excluding hydrogens is 499 g/mol. The summed E-state index contributed by atoms with van der Waals surface area (Å²) in [5, 5.41) is -0.349. The van der Waals surface area contributed by atoms with Crippen molar-refractivity contribution in [1.82, 2.24) is 0 Å². The maximum Gasteiger partial charge on any atom is 0.416 e. The first-order valence-corrected chi connectivity index (χ1v) is 12.1. The number of hydrogen-bond acceptors (Lipinski definition) is 6. The van der Waals surface area contributed by atoms with Gasteiger partial charge in [-0.05, 0) is 61.4 Å². The Balaban J connectivity index is 1.95. The number of rotatable bonds is 9. The van der Waals surface area contributed by atoms with Gasteiger partial charge in [0.05, 0.1) is 24.6 Å². The standard InChI is InChI=1S/C25H24F3NO6S/c1-17(2)29(36(31,32)24-5-4-14-34-24)21-12-11-20(25(26,27)28)15-22(21)35-16-19-8-6-18(7-9-19)10-13-23(30)33-3/h4-15,17H,16H2,1-3H3/b13-10+. The molecule has 0 aliphatic carbocycles. The predicted molar refractivity (Wildman–Crippen MR) is 127 cm³/mol. The van der Waals surface area contributed by atoms with Crippen LogP contribution in [0.15, 0.2) is 76.4 Å². The minimum Gasteiger partial charge on any atom is -0.487 e. The Labute approximate surface area is 206 Å². The Morgan fingerprint density at radius 3 is 2.36 bits per heavy atom. The van der Waals surface area contributed by atoms with Crippen LogP contribution in [-0.4, -0.2) is 27.5 Å². The number of nitrogens with zero attached hydrogens (tertiary/aromatic N) is 1. The van der Waals surface area contributed by atoms with E-state index in [2.05, 4.69) is 4.74 Å². The number of hydrogen-bond donors (Lipinski definition) is 0. The normalized spacial score (nSPS) is 12.2. The van der Waals surface area contributed by atoms with Crippen molar-refractivity contribution in [3.63, 3.8) is 0 Å². The summed E-state index contributed by atoms with van der Waals surface area (Å²) < 4.78 is 83.1. The minimum absolute atomic E-state index is 0.0629. The highest BCUT2D eigenvalue weighted by Gasteiger charge is 2.35. The van der Waals surface area contributed by atoms with Gasteiger partial charge in [0.1, 0.15) is 12.4 Å². The van der Waals surface area contributed by atoms with Gasteiger partial charge in [0.2, 0.25) is 5.09 Å². The van der Waals surface area contributed by atoms with Crippen molar-refractivity contribution in [2.75, 3.05) is 11.4 Å². The highest BCUT2D eigenvalue weighted by molar-refractivity contribution is 7.92. The summed E-state index contributed by atoms with van der Waals surface area (Å²) >= 11 is 0. The molecule has 3 rings (SSSR count). The average molecular weight is 524 g/mol. The van der Waals surface area contributed by atoms with E-state index in [-0.39, 0.29) is 23.1 Å². The van der Waals surface area contributed by atoms with E-state index >= 15 is 0 Å². The molecule has 0 saturated carbocycles. The number of benzene rings is 2. The number of methoxy groups -OCH3 is 1. The summed E-state index contributed by atoms with van der Waals surface area (Å²) in [7, 11) is -2.97. The molecular formula is C25H24F3NO6S. The van der Waals surface area contributed by atoms with Crippen LogP contribution in [0.3, 0.4) is 0 Å². The van der Waals surface area contributed by atoms with Crippen molar-refractivity contribution in [3.05, 3.63) is 83.6 Å². The van der Waals surface area contributed by atoms with E-state index in [0.29, 0.717) is 11.1 Å². The van der Waals surface area contributed by atoms with Gasteiger partial charge < -0.3 is 13.9 Å². The summed E-state index contributed by atoms with van der Waals surface area (Å²) in [5.74, 6) is -0.776. The molecule has 0 aliphatic heterocycles. The van der Waals surface area contributed by atoms with Gasteiger partial charge in [0, 0.05) is 12.1 Å². The van der Waals surface area contributed by atoms with Gasteiger partial charge in [-0.1, -0.05) is 24.3 Å². The molecule has 0 bridgehead atoms. The molecule has 0 spiro atoms. The Hall–Kier alpha value is -3.73. The maximum absolute atomic E-state index is 13.4. The van der Waals surface area contributed by atoms with Crippen LogP contribution in [0, 0.1) is 0 Å². The lowest BCUT2D eigenvalue weighted by Crippen LogP contribution is -2.37. The molecule has 0 N–H and O–H groups in total. The van der Waals surface area contributed by atoms with E-state index in [1.807, 2.05) is 0 Å². The van der Waals surface area contributed by atoms with E-state index in [4.69, 9.17) is 9.15 Å². The zero-order valence-corrected chi connectivity index (χ0v) is 20.5. The number of carbonyl (C=O) groups excluding carboxylic acids is 1. The number of esters is 1. The second kappa shape index (κ2) is 10.9. The number of furan rings is 1. The largest absolute Gasteiger partial charge is 0.487 e. The van der Waals surface area contributed by atoms with Gasteiger partial charge in [0.25, 0.3) is 10.0 Å². The first-order chi connectivity index (χ1) is 16.9. The third kappa shape index (κ3) is 6.28. The molecule has 7 nitrogen and oxygen atoms in total. The quantitative estimate of drug-likeness (QED) is 0.266. The number of ether oxygens (including phenoxy) is 2. The van der Waals surface area contributed by atoms with Crippen molar-refractivity contribution in [1.29, 1.82) is 0 Å². The Morgan fingerprint density at radius 1 is 1.11 bits per heavy atom. The van der Waals surface area contributed by atoms with Crippen LogP contribution in [0.4, 0.5) is 18.9 Å². The predicted octanol–water partition coefficient (Wildman–Crippen LogP) is 5.67. The molecule has 36 heavy (non-hydrogen) atoms. The van der Waals surface area contributed by atoms with Crippen LogP contribution in [0.5, 0.6) is 5.75 Å². The van der Waals surface area contributed by atoms with Gasteiger partial charge in [-0.3, -0.25) is 4.31 Å². The minimum atomic E-state index is -4.66. The smallest absolute Gasteiger partial charge is 0.416 e. The van der Waals surface area contributed by atoms with Gasteiger partial charge in [-0.2, -0.15) is 21.6 Å². The lowest BCUT2D eigenvalue weighted by Gasteiger charge is -2.29. The van der Waals surface area contributed by atoms with E-state index in [0.717, 1.165) is 22.5 Å². The highest BCUT2D eigenvalue weighted by Crippen LogP contribution is 2.39. The van der Waals surface area contributed by atoms with Crippen molar-refractivity contribution < 1.29 is 40.3 Å². The molecule has 192 valence electrons. The summed E-state index contributed by atoms with van der Waals surface area (Å²) in [4.78, 5) is 11.2. The van der Waals surface area contributed by atoms with Gasteiger partial charge in [0.15, 0.2) is 0 Å². The summed E-state index contributed by atoms with van der Waals surface area (Å²) in [6, 6.07) is 11.4. The summed E-state index contributed by atoms with van der Waals surface area (Å²) in [6.45, 7) is 3.03. The number of halogens is 3. The SMILES string of the molecule is COC(=O)/C=C/c1ccc(COc2cc(C(F)(F)F)ccc2N(C(C)C)S(=O)(=O)c2ccco2)cc1. The third-order valence-electron chi connectivity index (χ3n) is 4.99. The molecule has 0 aliphatic rings. The summed E-state index contributed by atoms with van der Waals surface area (Å²) in [5.41, 5.74) is 0.258. The van der Waals surface area contributed by atoms with Crippen LogP contribution in [0.25, 0.3) is 6.08 Å². The molecule has 0 amide bonds. The van der Waals surface area contributed by atoms with Crippen molar-refractivity contribution in [3.8, 4) is 5.75 Å². The van der Waals surface area contributed by atoms with Crippen molar-refractivity contribution in [2.45, 2.75) is 37.8 Å². The van der Waals surface area contributed by atoms with E-state index in [1.54, 1.807) is 44.2 Å². The molecule has 2 aromatic carbocycles. The maximum atomic E-state index is 13.4. The second-order valence-corrected chi connectivity index (χ2v) is 9.64. The molecule has 0 radical (unpaired) electrons. The molecule has 0 atom stereocenters. The fourth-order valence-corrected chi connectivity index (χ4v) is 4.89. The van der Waals surface area contributed by atoms with Gasteiger partial charge in [-0.15, -0.1) is 0 Å². The third-order valence-corrected chi connectivity index (χ3v) is 6.87. The number of sulfonamides is 1. The molecule has 11 heteroatoms. The van der Waals surface area contributed by atoms with Crippen LogP contribution in [0.1, 0.15) is 30.5 Å². The van der Waals surface area contributed by atoms with Crippen LogP contribution >= 0.6 is 0 Å². The molecule has 0 saturated heterocycles. The molecule has 0 fully saturated rings. The van der Waals surface area contributed by atoms with E-state index in [9.17, 15) is 26.4 Å². The molecule has 1 heterocycles. The lowest BCUT2D eigenvalue weighted by molar-refractivity contribution is -0.137. The van der Waals surface area contributed by atoms with Crippen LogP contribution in [-0.2, 0) is 32.3 Å². The van der Waals surface area contributed by atoms with Crippen LogP contribution < -0.4 is 9.04 Å². The Morgan fingerprint density at radius 2 is 1.81 bits per heavy atom. The van der Waals surface area contributed by atoms with Gasteiger partial charge in [-0.25, -0.2) is 4.79 Å². The second-order valence-electron chi connectivity index (χ2n) is 7.89. The topological polar surface area (TPSA) is 86.0 Å².